The van der Waals surface area contributed by atoms with Crippen LogP contribution >= 0.6 is 0 Å². The van der Waals surface area contributed by atoms with E-state index >= 15 is 0 Å². The van der Waals surface area contributed by atoms with Gasteiger partial charge < -0.3 is 4.90 Å². The number of nitrogens with zero attached hydrogens (tertiary/aromatic N) is 3. The zero-order chi connectivity index (χ0) is 25.2. The van der Waals surface area contributed by atoms with Crippen molar-refractivity contribution >= 4 is 49.9 Å². The molecule has 3 nitrogen and oxygen atoms in total. The van der Waals surface area contributed by atoms with E-state index in [1.807, 2.05) is 24.3 Å². The molecule has 0 atom stereocenters. The Balaban J connectivity index is 1.40. The second-order valence-electron chi connectivity index (χ2n) is 9.97. The van der Waals surface area contributed by atoms with Crippen LogP contribution < -0.4 is 4.90 Å². The van der Waals surface area contributed by atoms with Crippen LogP contribution in [0.15, 0.2) is 121 Å². The van der Waals surface area contributed by atoms with Crippen molar-refractivity contribution in [3.8, 4) is 22.3 Å². The van der Waals surface area contributed by atoms with Crippen molar-refractivity contribution in [2.24, 2.45) is 0 Å². The Morgan fingerprint density at radius 2 is 1.11 bits per heavy atom. The Labute approximate surface area is 220 Å². The van der Waals surface area contributed by atoms with Crippen molar-refractivity contribution in [3.05, 3.63) is 127 Å². The molecule has 0 saturated carbocycles. The van der Waals surface area contributed by atoms with Crippen molar-refractivity contribution in [1.82, 2.24) is 9.97 Å². The number of aromatic nitrogens is 2. The topological polar surface area (TPSA) is 29.0 Å². The van der Waals surface area contributed by atoms with Crippen LogP contribution in [0, 0.1) is 6.92 Å². The summed E-state index contributed by atoms with van der Waals surface area (Å²) in [5, 5.41) is 2.55. The summed E-state index contributed by atoms with van der Waals surface area (Å²) >= 11 is 0. The zero-order valence-electron chi connectivity index (χ0n) is 20.9. The summed E-state index contributed by atoms with van der Waals surface area (Å²) in [6.07, 6.45) is 0. The lowest BCUT2D eigenvalue weighted by Gasteiger charge is -2.27. The highest BCUT2D eigenvalue weighted by Gasteiger charge is 2.24. The summed E-state index contributed by atoms with van der Waals surface area (Å²) < 4.78 is 0. The highest BCUT2D eigenvalue weighted by atomic mass is 15.1. The lowest BCUT2D eigenvalue weighted by Crippen LogP contribution is -2.11. The average Bonchev–Trinajstić information content (AvgIpc) is 3.28. The van der Waals surface area contributed by atoms with Crippen LogP contribution in [0.5, 0.6) is 0 Å². The molecule has 0 N–H and O–H groups in total. The van der Waals surface area contributed by atoms with E-state index in [9.17, 15) is 0 Å². The van der Waals surface area contributed by atoms with Crippen molar-refractivity contribution in [2.75, 3.05) is 4.90 Å². The predicted octanol–water partition coefficient (Wildman–Crippen LogP) is 9.36. The van der Waals surface area contributed by atoms with Crippen molar-refractivity contribution < 1.29 is 0 Å². The summed E-state index contributed by atoms with van der Waals surface area (Å²) in [6.45, 7) is 2.14. The molecule has 0 unspecified atom stereocenters. The Morgan fingerprint density at radius 3 is 1.89 bits per heavy atom. The van der Waals surface area contributed by atoms with Gasteiger partial charge in [0, 0.05) is 16.8 Å². The minimum absolute atomic E-state index is 0.886. The molecule has 3 heteroatoms. The van der Waals surface area contributed by atoms with E-state index in [4.69, 9.17) is 9.97 Å². The third-order valence-electron chi connectivity index (χ3n) is 7.61. The normalized spacial score (nSPS) is 11.8. The van der Waals surface area contributed by atoms with Crippen LogP contribution in [-0.4, -0.2) is 9.97 Å². The number of rotatable bonds is 3. The minimum Gasteiger partial charge on any atom is -0.310 e. The maximum atomic E-state index is 4.96. The molecule has 38 heavy (non-hydrogen) atoms. The van der Waals surface area contributed by atoms with Gasteiger partial charge in [0.25, 0.3) is 0 Å². The summed E-state index contributed by atoms with van der Waals surface area (Å²) in [7, 11) is 0. The van der Waals surface area contributed by atoms with E-state index in [1.54, 1.807) is 0 Å². The fourth-order valence-corrected chi connectivity index (χ4v) is 5.93. The van der Waals surface area contributed by atoms with E-state index in [0.29, 0.717) is 0 Å². The minimum atomic E-state index is 0.886. The molecule has 0 aliphatic heterocycles. The van der Waals surface area contributed by atoms with Crippen molar-refractivity contribution in [3.63, 3.8) is 0 Å². The molecule has 1 aliphatic carbocycles. The quantitative estimate of drug-likeness (QED) is 0.233. The van der Waals surface area contributed by atoms with Gasteiger partial charge >= 0.3 is 0 Å². The van der Waals surface area contributed by atoms with Crippen LogP contribution in [0.3, 0.4) is 0 Å². The highest BCUT2D eigenvalue weighted by Crippen LogP contribution is 2.51. The SMILES string of the molecule is Cc1cccc(N(c2ccc3nc4ccccc4nc3c2)c2ccc3c4c(cccc24)-c2ccccc2-3)c1. The van der Waals surface area contributed by atoms with E-state index in [1.165, 1.54) is 38.6 Å². The molecule has 1 aliphatic rings. The van der Waals surface area contributed by atoms with E-state index in [2.05, 4.69) is 109 Å². The first-order chi connectivity index (χ1) is 18.7. The largest absolute Gasteiger partial charge is 0.310 e. The molecule has 0 amide bonds. The molecular weight excluding hydrogens is 462 g/mol. The third-order valence-corrected chi connectivity index (χ3v) is 7.61. The first-order valence-corrected chi connectivity index (χ1v) is 12.9. The van der Waals surface area contributed by atoms with Gasteiger partial charge in [0.1, 0.15) is 0 Å². The fraction of sp³-hybridized carbons (Fsp3) is 0.0286. The van der Waals surface area contributed by atoms with Crippen LogP contribution in [-0.2, 0) is 0 Å². The maximum Gasteiger partial charge on any atom is 0.0915 e. The van der Waals surface area contributed by atoms with Crippen LogP contribution in [0.25, 0.3) is 55.1 Å². The Kier molecular flexibility index (Phi) is 4.44. The molecule has 8 rings (SSSR count). The molecule has 1 heterocycles. The molecule has 0 radical (unpaired) electrons. The molecule has 0 spiro atoms. The fourth-order valence-electron chi connectivity index (χ4n) is 5.93. The third kappa shape index (κ3) is 3.09. The standard InChI is InChI=1S/C35H23N3/c1-22-8-6-9-23(20-22)38(24-16-18-32-33(21-24)37-31-15-5-4-14-30(31)36-32)34-19-17-28-26-11-3-2-10-25(26)27-12-7-13-29(34)35(27)28/h2-21H,1H3. The molecule has 7 aromatic rings. The average molecular weight is 486 g/mol. The maximum absolute atomic E-state index is 4.96. The lowest BCUT2D eigenvalue weighted by molar-refractivity contribution is 1.28. The molecule has 0 bridgehead atoms. The van der Waals surface area contributed by atoms with Gasteiger partial charge in [0.05, 0.1) is 27.8 Å². The van der Waals surface area contributed by atoms with Gasteiger partial charge in [0.2, 0.25) is 0 Å². The van der Waals surface area contributed by atoms with E-state index in [-0.39, 0.29) is 0 Å². The molecular formula is C35H23N3. The highest BCUT2D eigenvalue weighted by molar-refractivity contribution is 6.19. The van der Waals surface area contributed by atoms with Crippen LogP contribution in [0.1, 0.15) is 5.56 Å². The summed E-state index contributed by atoms with van der Waals surface area (Å²) in [5.41, 5.74) is 13.4. The number of aryl methyl sites for hydroxylation is 1. The van der Waals surface area contributed by atoms with Gasteiger partial charge in [-0.25, -0.2) is 9.97 Å². The molecule has 0 fully saturated rings. The number of fused-ring (bicyclic) bond motifs is 5. The Bertz CT molecular complexity index is 2030. The predicted molar refractivity (Wildman–Crippen MR) is 158 cm³/mol. The summed E-state index contributed by atoms with van der Waals surface area (Å²) in [4.78, 5) is 12.2. The first-order valence-electron chi connectivity index (χ1n) is 12.9. The van der Waals surface area contributed by atoms with Gasteiger partial charge in [-0.3, -0.25) is 0 Å². The van der Waals surface area contributed by atoms with Crippen molar-refractivity contribution in [1.29, 1.82) is 0 Å². The Hall–Kier alpha value is -5.02. The number of hydrogen-bond donors (Lipinski definition) is 0. The van der Waals surface area contributed by atoms with Crippen molar-refractivity contribution in [2.45, 2.75) is 6.92 Å². The molecule has 1 aromatic heterocycles. The van der Waals surface area contributed by atoms with Gasteiger partial charge in [-0.1, -0.05) is 72.8 Å². The van der Waals surface area contributed by atoms with Crippen LogP contribution in [0.4, 0.5) is 17.1 Å². The molecule has 0 saturated heterocycles. The van der Waals surface area contributed by atoms with E-state index < -0.39 is 0 Å². The lowest BCUT2D eigenvalue weighted by atomic mass is 10.00. The second kappa shape index (κ2) is 7.99. The number of anilines is 3. The van der Waals surface area contributed by atoms with E-state index in [0.717, 1.165) is 39.1 Å². The number of para-hydroxylation sites is 2. The Morgan fingerprint density at radius 1 is 0.474 bits per heavy atom. The molecule has 6 aromatic carbocycles. The summed E-state index contributed by atoms with van der Waals surface area (Å²) in [5.74, 6) is 0. The monoisotopic (exact) mass is 485 g/mol. The molecule has 178 valence electrons. The first kappa shape index (κ1) is 21.1. The number of hydrogen-bond acceptors (Lipinski definition) is 3. The van der Waals surface area contributed by atoms with Crippen LogP contribution in [0.2, 0.25) is 0 Å². The zero-order valence-corrected chi connectivity index (χ0v) is 20.9. The second-order valence-corrected chi connectivity index (χ2v) is 9.97. The summed E-state index contributed by atoms with van der Waals surface area (Å²) in [6, 6.07) is 43.1. The van der Waals surface area contributed by atoms with Gasteiger partial charge in [-0.05, 0) is 88.7 Å². The van der Waals surface area contributed by atoms with Gasteiger partial charge in [0.15, 0.2) is 0 Å². The van der Waals surface area contributed by atoms with Gasteiger partial charge in [-0.2, -0.15) is 0 Å². The smallest absolute Gasteiger partial charge is 0.0915 e. The number of benzene rings is 6. The van der Waals surface area contributed by atoms with Gasteiger partial charge in [-0.15, -0.1) is 0 Å².